The van der Waals surface area contributed by atoms with E-state index in [2.05, 4.69) is 5.32 Å². The summed E-state index contributed by atoms with van der Waals surface area (Å²) in [6.45, 7) is 0.739. The zero-order chi connectivity index (χ0) is 14.2. The first kappa shape index (κ1) is 14.4. The van der Waals surface area contributed by atoms with Crippen molar-refractivity contribution in [2.45, 2.75) is 31.8 Å². The fourth-order valence-electron chi connectivity index (χ4n) is 2.17. The summed E-state index contributed by atoms with van der Waals surface area (Å²) in [6, 6.07) is 8.92. The molecule has 0 radical (unpaired) electrons. The van der Waals surface area contributed by atoms with Gasteiger partial charge in [-0.1, -0.05) is 6.07 Å². The van der Waals surface area contributed by atoms with Crippen molar-refractivity contribution < 1.29 is 14.3 Å². The molecule has 1 aliphatic heterocycles. The molecule has 0 bridgehead atoms. The number of amides is 1. The lowest BCUT2D eigenvalue weighted by Gasteiger charge is -2.21. The van der Waals surface area contributed by atoms with Crippen molar-refractivity contribution in [2.75, 3.05) is 18.5 Å². The van der Waals surface area contributed by atoms with Crippen LogP contribution in [-0.2, 0) is 9.53 Å². The lowest BCUT2D eigenvalue weighted by molar-refractivity contribution is -0.119. The molecule has 1 aliphatic rings. The molecule has 2 rings (SSSR count). The molecule has 106 valence electrons. The smallest absolute Gasteiger partial charge is 0.226 e. The summed E-state index contributed by atoms with van der Waals surface area (Å²) < 4.78 is 10.7. The van der Waals surface area contributed by atoms with E-state index in [4.69, 9.17) is 14.7 Å². The topological polar surface area (TPSA) is 71.3 Å². The van der Waals surface area contributed by atoms with Crippen LogP contribution in [0.3, 0.4) is 0 Å². The highest BCUT2D eigenvalue weighted by Crippen LogP contribution is 2.19. The van der Waals surface area contributed by atoms with E-state index in [1.54, 1.807) is 24.3 Å². The predicted molar refractivity (Wildman–Crippen MR) is 74.4 cm³/mol. The molecule has 5 heteroatoms. The number of nitrogens with one attached hydrogen (secondary N) is 1. The molecule has 1 saturated heterocycles. The van der Waals surface area contributed by atoms with Gasteiger partial charge in [0.15, 0.2) is 6.61 Å². The Morgan fingerprint density at radius 3 is 3.15 bits per heavy atom. The standard InChI is InChI=1S/C15H18N2O3/c16-7-9-20-13-6-3-4-12(10-13)17-15(18)11-14-5-1-2-8-19-14/h3-4,6,10,14H,1-2,5,8-9,11H2,(H,17,18). The maximum absolute atomic E-state index is 11.9. The number of nitriles is 1. The fourth-order valence-corrected chi connectivity index (χ4v) is 2.17. The van der Waals surface area contributed by atoms with Gasteiger partial charge >= 0.3 is 0 Å². The van der Waals surface area contributed by atoms with Crippen LogP contribution in [0.15, 0.2) is 24.3 Å². The maximum Gasteiger partial charge on any atom is 0.226 e. The number of carbonyl (C=O) groups is 1. The molecule has 1 aromatic rings. The summed E-state index contributed by atoms with van der Waals surface area (Å²) >= 11 is 0. The van der Waals surface area contributed by atoms with Crippen LogP contribution in [0.25, 0.3) is 0 Å². The zero-order valence-corrected chi connectivity index (χ0v) is 11.3. The van der Waals surface area contributed by atoms with Gasteiger partial charge in [-0.05, 0) is 31.4 Å². The number of rotatable bonds is 5. The van der Waals surface area contributed by atoms with E-state index in [-0.39, 0.29) is 18.6 Å². The number of hydrogen-bond acceptors (Lipinski definition) is 4. The number of nitrogens with zero attached hydrogens (tertiary/aromatic N) is 1. The second kappa shape index (κ2) is 7.51. The molecule has 0 aliphatic carbocycles. The third-order valence-corrected chi connectivity index (χ3v) is 3.11. The first-order valence-electron chi connectivity index (χ1n) is 6.79. The summed E-state index contributed by atoms with van der Waals surface area (Å²) in [6.07, 6.45) is 3.55. The Hall–Kier alpha value is -2.06. The van der Waals surface area contributed by atoms with Gasteiger partial charge in [-0.3, -0.25) is 4.79 Å². The van der Waals surface area contributed by atoms with Crippen LogP contribution in [0.1, 0.15) is 25.7 Å². The van der Waals surface area contributed by atoms with E-state index in [9.17, 15) is 4.79 Å². The first-order chi connectivity index (χ1) is 9.78. The van der Waals surface area contributed by atoms with Gasteiger partial charge in [0.2, 0.25) is 5.91 Å². The van der Waals surface area contributed by atoms with Crippen LogP contribution in [0, 0.1) is 11.3 Å². The van der Waals surface area contributed by atoms with E-state index in [1.165, 1.54) is 0 Å². The molecule has 1 amide bonds. The van der Waals surface area contributed by atoms with Crippen molar-refractivity contribution in [3.63, 3.8) is 0 Å². The van der Waals surface area contributed by atoms with E-state index in [0.29, 0.717) is 17.9 Å². The molecule has 5 nitrogen and oxygen atoms in total. The number of ether oxygens (including phenoxy) is 2. The van der Waals surface area contributed by atoms with Crippen molar-refractivity contribution in [1.82, 2.24) is 0 Å². The van der Waals surface area contributed by atoms with Crippen LogP contribution in [0.5, 0.6) is 5.75 Å². The van der Waals surface area contributed by atoms with Crippen molar-refractivity contribution in [3.05, 3.63) is 24.3 Å². The molecule has 1 N–H and O–H groups in total. The highest BCUT2D eigenvalue weighted by atomic mass is 16.5. The third kappa shape index (κ3) is 4.56. The Morgan fingerprint density at radius 1 is 1.50 bits per heavy atom. The van der Waals surface area contributed by atoms with Gasteiger partial charge in [0.05, 0.1) is 12.5 Å². The van der Waals surface area contributed by atoms with Crippen molar-refractivity contribution in [2.24, 2.45) is 0 Å². The molecule has 0 spiro atoms. The minimum Gasteiger partial charge on any atom is -0.479 e. The molecule has 0 saturated carbocycles. The van der Waals surface area contributed by atoms with Gasteiger partial charge in [0.1, 0.15) is 11.8 Å². The maximum atomic E-state index is 11.9. The number of benzene rings is 1. The Labute approximate surface area is 118 Å². The lowest BCUT2D eigenvalue weighted by Crippen LogP contribution is -2.25. The SMILES string of the molecule is N#CCOc1cccc(NC(=O)CC2CCCCO2)c1. The van der Waals surface area contributed by atoms with Gasteiger partial charge in [-0.25, -0.2) is 0 Å². The summed E-state index contributed by atoms with van der Waals surface area (Å²) in [5.74, 6) is 0.507. The molecule has 20 heavy (non-hydrogen) atoms. The van der Waals surface area contributed by atoms with Crippen LogP contribution < -0.4 is 10.1 Å². The van der Waals surface area contributed by atoms with Crippen molar-refractivity contribution in [1.29, 1.82) is 5.26 Å². The second-order valence-electron chi connectivity index (χ2n) is 4.72. The molecular weight excluding hydrogens is 256 g/mol. The lowest BCUT2D eigenvalue weighted by atomic mass is 10.1. The van der Waals surface area contributed by atoms with Crippen LogP contribution in [0.4, 0.5) is 5.69 Å². The second-order valence-corrected chi connectivity index (χ2v) is 4.72. The molecular formula is C15H18N2O3. The van der Waals surface area contributed by atoms with Gasteiger partial charge < -0.3 is 14.8 Å². The Bertz CT molecular complexity index is 490. The fraction of sp³-hybridized carbons (Fsp3) is 0.467. The normalized spacial score (nSPS) is 18.1. The Balaban J connectivity index is 1.85. The average molecular weight is 274 g/mol. The van der Waals surface area contributed by atoms with E-state index in [1.807, 2.05) is 6.07 Å². The molecule has 1 fully saturated rings. The highest BCUT2D eigenvalue weighted by Gasteiger charge is 2.17. The van der Waals surface area contributed by atoms with Crippen molar-refractivity contribution >= 4 is 11.6 Å². The largest absolute Gasteiger partial charge is 0.479 e. The number of anilines is 1. The van der Waals surface area contributed by atoms with Gasteiger partial charge in [-0.15, -0.1) is 0 Å². The summed E-state index contributed by atoms with van der Waals surface area (Å²) in [5, 5.41) is 11.3. The predicted octanol–water partition coefficient (Wildman–Crippen LogP) is 2.49. The first-order valence-corrected chi connectivity index (χ1v) is 6.79. The van der Waals surface area contributed by atoms with E-state index >= 15 is 0 Å². The molecule has 1 heterocycles. The number of carbonyl (C=O) groups excluding carboxylic acids is 1. The molecule has 1 unspecified atom stereocenters. The van der Waals surface area contributed by atoms with Gasteiger partial charge in [-0.2, -0.15) is 5.26 Å². The zero-order valence-electron chi connectivity index (χ0n) is 11.3. The third-order valence-electron chi connectivity index (χ3n) is 3.11. The minimum absolute atomic E-state index is 0.00663. The average Bonchev–Trinajstić information content (AvgIpc) is 2.46. The number of hydrogen-bond donors (Lipinski definition) is 1. The van der Waals surface area contributed by atoms with Crippen molar-refractivity contribution in [3.8, 4) is 11.8 Å². The summed E-state index contributed by atoms with van der Waals surface area (Å²) in [4.78, 5) is 11.9. The van der Waals surface area contributed by atoms with E-state index in [0.717, 1.165) is 25.9 Å². The summed E-state index contributed by atoms with van der Waals surface area (Å²) in [5.41, 5.74) is 0.668. The van der Waals surface area contributed by atoms with Crippen LogP contribution >= 0.6 is 0 Å². The molecule has 1 atom stereocenters. The van der Waals surface area contributed by atoms with Gasteiger partial charge in [0.25, 0.3) is 0 Å². The monoisotopic (exact) mass is 274 g/mol. The quantitative estimate of drug-likeness (QED) is 0.895. The molecule has 1 aromatic carbocycles. The Kier molecular flexibility index (Phi) is 5.39. The van der Waals surface area contributed by atoms with E-state index < -0.39 is 0 Å². The minimum atomic E-state index is -0.0608. The highest BCUT2D eigenvalue weighted by molar-refractivity contribution is 5.91. The van der Waals surface area contributed by atoms with Gasteiger partial charge in [0, 0.05) is 18.4 Å². The van der Waals surface area contributed by atoms with Crippen LogP contribution in [-0.4, -0.2) is 25.2 Å². The Morgan fingerprint density at radius 2 is 2.40 bits per heavy atom. The summed E-state index contributed by atoms with van der Waals surface area (Å²) in [7, 11) is 0. The molecule has 0 aromatic heterocycles. The van der Waals surface area contributed by atoms with Crippen LogP contribution in [0.2, 0.25) is 0 Å².